The summed E-state index contributed by atoms with van der Waals surface area (Å²) in [5.74, 6) is 2.01. The fourth-order valence-corrected chi connectivity index (χ4v) is 3.59. The van der Waals surface area contributed by atoms with Crippen molar-refractivity contribution in [2.24, 2.45) is 0 Å². The Kier molecular flexibility index (Phi) is 2.50. The van der Waals surface area contributed by atoms with Crippen LogP contribution in [0, 0.1) is 0 Å². The van der Waals surface area contributed by atoms with Gasteiger partial charge < -0.3 is 4.57 Å². The minimum atomic E-state index is 0.741. The molecule has 0 amide bonds. The van der Waals surface area contributed by atoms with Crippen molar-refractivity contribution >= 4 is 10.9 Å². The SMILES string of the molecule is CCc1nnc2n1-c1ccccc1-c1cc3ccccc3n1C2. The third kappa shape index (κ3) is 1.66. The standard InChI is InChI=1S/C19H16N4/c1-2-18-20-21-19-12-22-15-9-5-3-7-13(15)11-17(22)14-8-4-6-10-16(14)23(18)19/h3-11H,2,12H2,1H3. The zero-order valence-electron chi connectivity index (χ0n) is 12.9. The fourth-order valence-electron chi connectivity index (χ4n) is 3.59. The molecule has 0 N–H and O–H groups in total. The van der Waals surface area contributed by atoms with E-state index in [1.165, 1.54) is 27.8 Å². The topological polar surface area (TPSA) is 35.6 Å². The summed E-state index contributed by atoms with van der Waals surface area (Å²) < 4.78 is 4.57. The number of hydrogen-bond acceptors (Lipinski definition) is 2. The van der Waals surface area contributed by atoms with Crippen molar-refractivity contribution in [3.05, 3.63) is 66.2 Å². The highest BCUT2D eigenvalue weighted by Crippen LogP contribution is 2.36. The van der Waals surface area contributed by atoms with Gasteiger partial charge in [-0.15, -0.1) is 10.2 Å². The molecular formula is C19H16N4. The van der Waals surface area contributed by atoms with Crippen LogP contribution in [0.5, 0.6) is 0 Å². The first-order valence-corrected chi connectivity index (χ1v) is 7.98. The summed E-state index contributed by atoms with van der Waals surface area (Å²) in [6.07, 6.45) is 0.872. The lowest BCUT2D eigenvalue weighted by atomic mass is 10.1. The number of fused-ring (bicyclic) bond motifs is 7. The van der Waals surface area contributed by atoms with E-state index in [0.29, 0.717) is 0 Å². The van der Waals surface area contributed by atoms with Crippen LogP contribution in [0.4, 0.5) is 0 Å². The van der Waals surface area contributed by atoms with E-state index in [1.807, 2.05) is 0 Å². The van der Waals surface area contributed by atoms with Gasteiger partial charge >= 0.3 is 0 Å². The van der Waals surface area contributed by atoms with Crippen LogP contribution in [0.25, 0.3) is 27.8 Å². The number of aryl methyl sites for hydroxylation is 1. The Morgan fingerprint density at radius 2 is 1.83 bits per heavy atom. The first-order chi connectivity index (χ1) is 11.4. The molecule has 0 saturated carbocycles. The molecule has 3 heterocycles. The maximum absolute atomic E-state index is 4.46. The van der Waals surface area contributed by atoms with Crippen LogP contribution in [0.1, 0.15) is 18.6 Å². The van der Waals surface area contributed by atoms with Crippen LogP contribution in [0.15, 0.2) is 54.6 Å². The van der Waals surface area contributed by atoms with E-state index in [1.54, 1.807) is 0 Å². The minimum absolute atomic E-state index is 0.741. The van der Waals surface area contributed by atoms with Crippen molar-refractivity contribution in [2.45, 2.75) is 19.9 Å². The summed E-state index contributed by atoms with van der Waals surface area (Å²) in [5.41, 5.74) is 4.89. The van der Waals surface area contributed by atoms with Crippen molar-refractivity contribution in [2.75, 3.05) is 0 Å². The maximum atomic E-state index is 4.46. The van der Waals surface area contributed by atoms with Crippen molar-refractivity contribution in [1.82, 2.24) is 19.3 Å². The number of para-hydroxylation sites is 2. The molecule has 0 atom stereocenters. The quantitative estimate of drug-likeness (QED) is 0.472. The molecule has 2 aromatic heterocycles. The highest BCUT2D eigenvalue weighted by Gasteiger charge is 2.23. The van der Waals surface area contributed by atoms with Crippen molar-refractivity contribution in [1.29, 1.82) is 0 Å². The molecule has 0 bridgehead atoms. The molecule has 4 heteroatoms. The third-order valence-corrected chi connectivity index (χ3v) is 4.64. The van der Waals surface area contributed by atoms with Gasteiger partial charge in [0.15, 0.2) is 5.82 Å². The Balaban J connectivity index is 1.92. The van der Waals surface area contributed by atoms with Crippen molar-refractivity contribution < 1.29 is 0 Å². The Bertz CT molecular complexity index is 1040. The predicted octanol–water partition coefficient (Wildman–Crippen LogP) is 3.81. The number of nitrogens with zero attached hydrogens (tertiary/aromatic N) is 4. The minimum Gasteiger partial charge on any atom is -0.333 e. The van der Waals surface area contributed by atoms with Gasteiger partial charge in [-0.25, -0.2) is 0 Å². The number of benzene rings is 2. The second kappa shape index (κ2) is 4.56. The van der Waals surface area contributed by atoms with E-state index < -0.39 is 0 Å². The smallest absolute Gasteiger partial charge is 0.157 e. The van der Waals surface area contributed by atoms with E-state index in [4.69, 9.17) is 0 Å². The monoisotopic (exact) mass is 300 g/mol. The molecule has 0 aliphatic carbocycles. The molecule has 1 aliphatic heterocycles. The normalized spacial score (nSPS) is 12.6. The summed E-state index contributed by atoms with van der Waals surface area (Å²) in [6.45, 7) is 2.87. The fraction of sp³-hybridized carbons (Fsp3) is 0.158. The zero-order chi connectivity index (χ0) is 15.4. The molecule has 0 spiro atoms. The van der Waals surface area contributed by atoms with Crippen LogP contribution >= 0.6 is 0 Å². The van der Waals surface area contributed by atoms with E-state index in [-0.39, 0.29) is 0 Å². The molecule has 0 fully saturated rings. The molecule has 4 aromatic rings. The lowest BCUT2D eigenvalue weighted by molar-refractivity contribution is 0.761. The molecule has 0 saturated heterocycles. The van der Waals surface area contributed by atoms with Crippen LogP contribution in [0.3, 0.4) is 0 Å². The Hall–Kier alpha value is -2.88. The van der Waals surface area contributed by atoms with Gasteiger partial charge in [0.05, 0.1) is 17.9 Å². The van der Waals surface area contributed by atoms with Gasteiger partial charge in [0.1, 0.15) is 5.82 Å². The van der Waals surface area contributed by atoms with Gasteiger partial charge in [-0.3, -0.25) is 4.57 Å². The summed E-state index contributed by atoms with van der Waals surface area (Å²) in [7, 11) is 0. The van der Waals surface area contributed by atoms with Crippen molar-refractivity contribution in [3.63, 3.8) is 0 Å². The molecular weight excluding hydrogens is 284 g/mol. The summed E-state index contributed by atoms with van der Waals surface area (Å²) in [4.78, 5) is 0. The number of aromatic nitrogens is 4. The Morgan fingerprint density at radius 1 is 1.00 bits per heavy atom. The molecule has 5 rings (SSSR count). The van der Waals surface area contributed by atoms with Gasteiger partial charge in [-0.05, 0) is 18.2 Å². The van der Waals surface area contributed by atoms with Gasteiger partial charge in [-0.1, -0.05) is 43.3 Å². The van der Waals surface area contributed by atoms with Gasteiger partial charge in [-0.2, -0.15) is 0 Å². The second-order valence-corrected chi connectivity index (χ2v) is 5.91. The number of rotatable bonds is 1. The molecule has 1 aliphatic rings. The third-order valence-electron chi connectivity index (χ3n) is 4.64. The van der Waals surface area contributed by atoms with Crippen LogP contribution < -0.4 is 0 Å². The van der Waals surface area contributed by atoms with Gasteiger partial charge in [0.2, 0.25) is 0 Å². The first-order valence-electron chi connectivity index (χ1n) is 7.98. The van der Waals surface area contributed by atoms with E-state index >= 15 is 0 Å². The Labute approximate surface area is 134 Å². The highest BCUT2D eigenvalue weighted by molar-refractivity contribution is 5.89. The molecule has 4 nitrogen and oxygen atoms in total. The van der Waals surface area contributed by atoms with Crippen molar-refractivity contribution in [3.8, 4) is 16.9 Å². The molecule has 2 aromatic carbocycles. The van der Waals surface area contributed by atoms with Crippen LogP contribution in [0.2, 0.25) is 0 Å². The Morgan fingerprint density at radius 3 is 2.74 bits per heavy atom. The van der Waals surface area contributed by atoms with Crippen LogP contribution in [-0.2, 0) is 13.0 Å². The summed E-state index contributed by atoms with van der Waals surface area (Å²) in [5, 5.41) is 10.1. The molecule has 0 radical (unpaired) electrons. The van der Waals surface area contributed by atoms with Gasteiger partial charge in [0.25, 0.3) is 0 Å². The lowest BCUT2D eigenvalue weighted by Gasteiger charge is -2.10. The second-order valence-electron chi connectivity index (χ2n) is 5.91. The summed E-state index contributed by atoms with van der Waals surface area (Å²) >= 11 is 0. The van der Waals surface area contributed by atoms with Gasteiger partial charge in [0, 0.05) is 22.9 Å². The molecule has 0 unspecified atom stereocenters. The lowest BCUT2D eigenvalue weighted by Crippen LogP contribution is -2.06. The number of hydrogen-bond donors (Lipinski definition) is 0. The van der Waals surface area contributed by atoms with E-state index in [0.717, 1.165) is 24.6 Å². The largest absolute Gasteiger partial charge is 0.333 e. The van der Waals surface area contributed by atoms with E-state index in [2.05, 4.69) is 80.9 Å². The highest BCUT2D eigenvalue weighted by atomic mass is 15.3. The average Bonchev–Trinajstić information content (AvgIpc) is 3.14. The predicted molar refractivity (Wildman–Crippen MR) is 90.8 cm³/mol. The van der Waals surface area contributed by atoms with Crippen LogP contribution in [-0.4, -0.2) is 19.3 Å². The molecule has 112 valence electrons. The summed E-state index contributed by atoms with van der Waals surface area (Å²) in [6, 6.07) is 19.3. The molecule has 23 heavy (non-hydrogen) atoms. The van der Waals surface area contributed by atoms with E-state index in [9.17, 15) is 0 Å². The average molecular weight is 300 g/mol. The maximum Gasteiger partial charge on any atom is 0.157 e. The zero-order valence-corrected chi connectivity index (χ0v) is 12.9. The first kappa shape index (κ1) is 12.6.